The number of benzene rings is 1. The van der Waals surface area contributed by atoms with E-state index in [1.807, 2.05) is 24.1 Å². The zero-order valence-corrected chi connectivity index (χ0v) is 14.7. The van der Waals surface area contributed by atoms with Crippen LogP contribution in [0.4, 0.5) is 5.88 Å². The number of nitrogens with two attached hydrogens (primary N) is 1. The van der Waals surface area contributed by atoms with Crippen molar-refractivity contribution in [3.63, 3.8) is 0 Å². The monoisotopic (exact) mass is 351 g/mol. The standard InChI is InChI=1S/C19H21N5O2/c1-13(17-11-14-5-3-4-6-16(14)23(17)2)15-12-18(26-22-15)21-19(20)24-7-9-25-10-8-24/h3-6,11-12H,1,7-10H2,2H3,(H2,20,21). The number of hydrogen-bond acceptors (Lipinski definition) is 4. The van der Waals surface area contributed by atoms with Crippen LogP contribution >= 0.6 is 0 Å². The predicted octanol–water partition coefficient (Wildman–Crippen LogP) is 2.51. The van der Waals surface area contributed by atoms with Gasteiger partial charge in [0.2, 0.25) is 0 Å². The molecule has 0 unspecified atom stereocenters. The number of aliphatic imine (C=N–C) groups is 1. The normalized spacial score (nSPS) is 15.6. The van der Waals surface area contributed by atoms with Crippen LogP contribution in [0.2, 0.25) is 0 Å². The van der Waals surface area contributed by atoms with Gasteiger partial charge >= 0.3 is 0 Å². The van der Waals surface area contributed by atoms with Crippen LogP contribution in [0.25, 0.3) is 16.5 Å². The second-order valence-corrected chi connectivity index (χ2v) is 6.25. The summed E-state index contributed by atoms with van der Waals surface area (Å²) in [7, 11) is 2.01. The molecular weight excluding hydrogens is 330 g/mol. The molecule has 1 aliphatic rings. The van der Waals surface area contributed by atoms with Gasteiger partial charge in [-0.05, 0) is 12.1 Å². The largest absolute Gasteiger partial charge is 0.378 e. The van der Waals surface area contributed by atoms with Gasteiger partial charge in [0.05, 0.1) is 18.9 Å². The van der Waals surface area contributed by atoms with Gasteiger partial charge in [-0.15, -0.1) is 0 Å². The van der Waals surface area contributed by atoms with Crippen LogP contribution in [0.15, 0.2) is 52.5 Å². The summed E-state index contributed by atoms with van der Waals surface area (Å²) in [5.74, 6) is 0.773. The molecule has 0 saturated carbocycles. The van der Waals surface area contributed by atoms with Crippen molar-refractivity contribution < 1.29 is 9.26 Å². The Morgan fingerprint density at radius 1 is 1.23 bits per heavy atom. The summed E-state index contributed by atoms with van der Waals surface area (Å²) < 4.78 is 12.8. The van der Waals surface area contributed by atoms with Crippen molar-refractivity contribution >= 4 is 28.3 Å². The van der Waals surface area contributed by atoms with Crippen LogP contribution in [0, 0.1) is 0 Å². The summed E-state index contributed by atoms with van der Waals surface area (Å²) in [5, 5.41) is 5.27. The fourth-order valence-corrected chi connectivity index (χ4v) is 3.15. The lowest BCUT2D eigenvalue weighted by Crippen LogP contribution is -2.44. The highest BCUT2D eigenvalue weighted by atomic mass is 16.5. The van der Waals surface area contributed by atoms with Crippen LogP contribution < -0.4 is 5.73 Å². The van der Waals surface area contributed by atoms with E-state index in [0.29, 0.717) is 30.8 Å². The zero-order valence-electron chi connectivity index (χ0n) is 14.7. The minimum absolute atomic E-state index is 0.365. The Labute approximate surface area is 151 Å². The third-order valence-corrected chi connectivity index (χ3v) is 4.63. The number of morpholine rings is 1. The minimum atomic E-state index is 0.365. The van der Waals surface area contributed by atoms with Crippen molar-refractivity contribution in [2.45, 2.75) is 0 Å². The molecule has 0 atom stereocenters. The molecule has 134 valence electrons. The van der Waals surface area contributed by atoms with E-state index >= 15 is 0 Å². The van der Waals surface area contributed by atoms with Crippen LogP contribution in [-0.2, 0) is 11.8 Å². The van der Waals surface area contributed by atoms with E-state index in [2.05, 4.69) is 39.5 Å². The zero-order chi connectivity index (χ0) is 18.1. The number of hydrogen-bond donors (Lipinski definition) is 1. The summed E-state index contributed by atoms with van der Waals surface area (Å²) in [6.45, 7) is 6.92. The van der Waals surface area contributed by atoms with Crippen molar-refractivity contribution in [1.82, 2.24) is 14.6 Å². The number of guanidine groups is 1. The summed E-state index contributed by atoms with van der Waals surface area (Å²) >= 11 is 0. The van der Waals surface area contributed by atoms with Crippen LogP contribution in [0.1, 0.15) is 11.4 Å². The van der Waals surface area contributed by atoms with E-state index in [-0.39, 0.29) is 0 Å². The van der Waals surface area contributed by atoms with Crippen molar-refractivity contribution in [1.29, 1.82) is 0 Å². The molecule has 0 amide bonds. The fraction of sp³-hybridized carbons (Fsp3) is 0.263. The molecule has 1 fully saturated rings. The Morgan fingerprint density at radius 2 is 2.00 bits per heavy atom. The maximum absolute atomic E-state index is 6.06. The molecule has 4 rings (SSSR count). The molecule has 2 aromatic heterocycles. The van der Waals surface area contributed by atoms with Crippen LogP contribution in [0.5, 0.6) is 0 Å². The maximum atomic E-state index is 6.06. The molecule has 26 heavy (non-hydrogen) atoms. The molecule has 0 bridgehead atoms. The van der Waals surface area contributed by atoms with E-state index in [9.17, 15) is 0 Å². The first-order valence-electron chi connectivity index (χ1n) is 8.51. The Morgan fingerprint density at radius 3 is 2.77 bits per heavy atom. The lowest BCUT2D eigenvalue weighted by atomic mass is 10.1. The Bertz CT molecular complexity index is 979. The van der Waals surface area contributed by atoms with Gasteiger partial charge in [0.1, 0.15) is 5.69 Å². The van der Waals surface area contributed by atoms with Gasteiger partial charge in [0.25, 0.3) is 5.88 Å². The topological polar surface area (TPSA) is 81.8 Å². The molecule has 7 nitrogen and oxygen atoms in total. The maximum Gasteiger partial charge on any atom is 0.254 e. The molecule has 2 N–H and O–H groups in total. The summed E-state index contributed by atoms with van der Waals surface area (Å²) in [5.41, 5.74) is 9.60. The van der Waals surface area contributed by atoms with Gasteiger partial charge in [-0.1, -0.05) is 29.9 Å². The highest BCUT2D eigenvalue weighted by molar-refractivity contribution is 5.88. The van der Waals surface area contributed by atoms with Crippen molar-refractivity contribution in [2.75, 3.05) is 26.3 Å². The summed E-state index contributed by atoms with van der Waals surface area (Å²) in [6.07, 6.45) is 0. The van der Waals surface area contributed by atoms with Gasteiger partial charge in [0, 0.05) is 42.7 Å². The number of para-hydroxylation sites is 1. The van der Waals surface area contributed by atoms with E-state index in [1.54, 1.807) is 6.07 Å². The summed E-state index contributed by atoms with van der Waals surface area (Å²) in [4.78, 5) is 6.30. The van der Waals surface area contributed by atoms with E-state index in [1.165, 1.54) is 0 Å². The fourth-order valence-electron chi connectivity index (χ4n) is 3.15. The molecular formula is C19H21N5O2. The van der Waals surface area contributed by atoms with Gasteiger partial charge < -0.3 is 24.5 Å². The third-order valence-electron chi connectivity index (χ3n) is 4.63. The van der Waals surface area contributed by atoms with E-state index in [0.717, 1.165) is 35.3 Å². The Hall–Kier alpha value is -3.06. The highest BCUT2D eigenvalue weighted by Gasteiger charge is 2.16. The highest BCUT2D eigenvalue weighted by Crippen LogP contribution is 2.28. The predicted molar refractivity (Wildman–Crippen MR) is 101 cm³/mol. The molecule has 1 saturated heterocycles. The van der Waals surface area contributed by atoms with Crippen molar-refractivity contribution in [3.8, 4) is 0 Å². The number of aryl methyl sites for hydroxylation is 1. The second-order valence-electron chi connectivity index (χ2n) is 6.25. The number of nitrogens with zero attached hydrogens (tertiary/aromatic N) is 4. The molecule has 7 heteroatoms. The first-order chi connectivity index (χ1) is 12.6. The number of fused-ring (bicyclic) bond motifs is 1. The first-order valence-corrected chi connectivity index (χ1v) is 8.51. The molecule has 0 radical (unpaired) electrons. The van der Waals surface area contributed by atoms with Gasteiger partial charge in [-0.2, -0.15) is 4.99 Å². The Kier molecular flexibility index (Phi) is 4.22. The van der Waals surface area contributed by atoms with E-state index in [4.69, 9.17) is 15.0 Å². The number of aromatic nitrogens is 2. The van der Waals surface area contributed by atoms with Crippen molar-refractivity contribution in [3.05, 3.63) is 54.4 Å². The first kappa shape index (κ1) is 16.4. The van der Waals surface area contributed by atoms with Crippen LogP contribution in [0.3, 0.4) is 0 Å². The lowest BCUT2D eigenvalue weighted by Gasteiger charge is -2.27. The SMILES string of the molecule is C=C(c1cc(/N=C(/N)N2CCOCC2)on1)c1cc2ccccc2n1C. The molecule has 1 aromatic carbocycles. The van der Waals surface area contributed by atoms with Crippen molar-refractivity contribution in [2.24, 2.45) is 17.8 Å². The summed E-state index contributed by atoms with van der Waals surface area (Å²) in [6, 6.07) is 12.0. The van der Waals surface area contributed by atoms with Crippen LogP contribution in [-0.4, -0.2) is 46.9 Å². The molecule has 1 aliphatic heterocycles. The molecule has 3 heterocycles. The Balaban J connectivity index is 1.58. The van der Waals surface area contributed by atoms with Gasteiger partial charge in [0.15, 0.2) is 5.96 Å². The van der Waals surface area contributed by atoms with E-state index < -0.39 is 0 Å². The smallest absolute Gasteiger partial charge is 0.254 e. The quantitative estimate of drug-likeness (QED) is 0.579. The molecule has 0 aliphatic carbocycles. The average molecular weight is 351 g/mol. The second kappa shape index (κ2) is 6.68. The van der Waals surface area contributed by atoms with Gasteiger partial charge in [-0.25, -0.2) is 0 Å². The molecule has 0 spiro atoms. The number of rotatable bonds is 3. The third kappa shape index (κ3) is 2.97. The average Bonchev–Trinajstić information content (AvgIpc) is 3.27. The minimum Gasteiger partial charge on any atom is -0.378 e. The number of ether oxygens (including phenoxy) is 1. The lowest BCUT2D eigenvalue weighted by molar-refractivity contribution is 0.0675. The molecule has 3 aromatic rings. The van der Waals surface area contributed by atoms with Gasteiger partial charge in [-0.3, -0.25) is 0 Å².